The summed E-state index contributed by atoms with van der Waals surface area (Å²) in [5.74, 6) is -51.6. The van der Waals surface area contributed by atoms with Crippen LogP contribution in [0.3, 0.4) is 0 Å². The maximum atomic E-state index is 13.7. The number of alkyl halides is 17. The van der Waals surface area contributed by atoms with Crippen LogP contribution in [0.25, 0.3) is 0 Å². The van der Waals surface area contributed by atoms with Crippen LogP contribution < -0.4 is 5.73 Å². The van der Waals surface area contributed by atoms with E-state index in [1.54, 1.807) is 0 Å². The summed E-state index contributed by atoms with van der Waals surface area (Å²) in [7, 11) is -7.33. The summed E-state index contributed by atoms with van der Waals surface area (Å²) in [5, 5.41) is -7.55. The molecule has 0 fully saturated rings. The summed E-state index contributed by atoms with van der Waals surface area (Å²) in [6.45, 7) is -2.43. The Bertz CT molecular complexity index is 819. The maximum absolute atomic E-state index is 13.7. The predicted molar refractivity (Wildman–Crippen MR) is 71.3 cm³/mol. The average molecular weight is 556 g/mol. The highest BCUT2D eigenvalue weighted by molar-refractivity contribution is 7.90. The first-order valence-electron chi connectivity index (χ1n) is 7.35. The minimum absolute atomic E-state index is 0.0882. The fourth-order valence-corrected chi connectivity index (χ4v) is 3.00. The lowest BCUT2D eigenvalue weighted by atomic mass is 9.91. The molecule has 0 aromatic carbocycles. The minimum atomic E-state index is -8.84. The Morgan fingerprint density at radius 2 is 0.848 bits per heavy atom. The first-order chi connectivity index (χ1) is 14.0. The largest absolute Gasteiger partial charge is 0.460 e. The number of halogens is 17. The van der Waals surface area contributed by atoms with E-state index in [4.69, 9.17) is 0 Å². The summed E-state index contributed by atoms with van der Waals surface area (Å²) in [4.78, 5) is 0. The van der Waals surface area contributed by atoms with Crippen molar-refractivity contribution >= 4 is 10.0 Å². The SMILES string of the molecule is CN(CCN)S(=O)(=O)C(F)(F)C(F)(F)C(F)(F)C(F)(F)C(F)(F)C(F)(F)C(F)(F)C(F)(F)F. The molecule has 0 saturated heterocycles. The first kappa shape index (κ1) is 31.7. The van der Waals surface area contributed by atoms with Crippen LogP contribution in [0.4, 0.5) is 74.6 Å². The van der Waals surface area contributed by atoms with Gasteiger partial charge in [-0.15, -0.1) is 0 Å². The van der Waals surface area contributed by atoms with Crippen LogP contribution in [-0.2, 0) is 10.0 Å². The highest BCUT2D eigenvalue weighted by atomic mass is 32.2. The zero-order valence-corrected chi connectivity index (χ0v) is 15.9. The van der Waals surface area contributed by atoms with Gasteiger partial charge >= 0.3 is 47.0 Å². The number of nitrogens with two attached hydrogens (primary N) is 1. The van der Waals surface area contributed by atoms with Gasteiger partial charge in [0.2, 0.25) is 0 Å². The number of hydrogen-bond acceptors (Lipinski definition) is 3. The van der Waals surface area contributed by atoms with Crippen LogP contribution in [0.2, 0.25) is 0 Å². The van der Waals surface area contributed by atoms with Crippen LogP contribution in [0, 0.1) is 0 Å². The van der Waals surface area contributed by atoms with Crippen LogP contribution in [0.5, 0.6) is 0 Å². The van der Waals surface area contributed by atoms with Crippen molar-refractivity contribution in [3.05, 3.63) is 0 Å². The highest BCUT2D eigenvalue weighted by Gasteiger charge is 2.96. The molecule has 0 aliphatic carbocycles. The molecular formula is C11H9F17N2O2S. The van der Waals surface area contributed by atoms with Crippen molar-refractivity contribution in [2.75, 3.05) is 20.1 Å². The molecule has 0 aromatic heterocycles. The molecule has 0 unspecified atom stereocenters. The molecule has 33 heavy (non-hydrogen) atoms. The minimum Gasteiger partial charge on any atom is -0.329 e. The predicted octanol–water partition coefficient (Wildman–Crippen LogP) is 4.17. The van der Waals surface area contributed by atoms with Gasteiger partial charge in [-0.3, -0.25) is 0 Å². The standard InChI is InChI=1S/C11H9F17N2O2S/c1-30(3-2-29)33(31,32)11(27,28)9(22,23)7(18,19)5(14,15)4(12,13)6(16,17)8(20,21)10(24,25)26/h2-3,29H2,1H3. The summed E-state index contributed by atoms with van der Waals surface area (Å²) in [6.07, 6.45) is -7.87. The van der Waals surface area contributed by atoms with E-state index >= 15 is 0 Å². The molecule has 4 nitrogen and oxygen atoms in total. The fourth-order valence-electron chi connectivity index (χ4n) is 1.81. The third-order valence-corrected chi connectivity index (χ3v) is 5.78. The smallest absolute Gasteiger partial charge is 0.329 e. The number of rotatable bonds is 10. The van der Waals surface area contributed by atoms with Crippen molar-refractivity contribution in [2.45, 2.75) is 47.0 Å². The Labute approximate surface area is 171 Å². The van der Waals surface area contributed by atoms with E-state index in [1.165, 1.54) is 0 Å². The number of hydrogen-bond donors (Lipinski definition) is 1. The topological polar surface area (TPSA) is 63.4 Å². The molecule has 0 bridgehead atoms. The van der Waals surface area contributed by atoms with E-state index in [2.05, 4.69) is 5.73 Å². The van der Waals surface area contributed by atoms with E-state index in [1.807, 2.05) is 0 Å². The van der Waals surface area contributed by atoms with Gasteiger partial charge in [0.25, 0.3) is 10.0 Å². The summed E-state index contributed by atoms with van der Waals surface area (Å²) in [5.41, 5.74) is 4.66. The van der Waals surface area contributed by atoms with Crippen molar-refractivity contribution < 1.29 is 83.1 Å². The van der Waals surface area contributed by atoms with Gasteiger partial charge in [0.15, 0.2) is 0 Å². The van der Waals surface area contributed by atoms with Crippen molar-refractivity contribution in [3.8, 4) is 0 Å². The molecule has 0 atom stereocenters. The molecule has 2 N–H and O–H groups in total. The van der Waals surface area contributed by atoms with Crippen LogP contribution in [-0.4, -0.2) is 79.8 Å². The lowest BCUT2D eigenvalue weighted by Crippen LogP contribution is -2.75. The van der Waals surface area contributed by atoms with Gasteiger partial charge in [0.05, 0.1) is 0 Å². The summed E-state index contributed by atoms with van der Waals surface area (Å²) >= 11 is 0. The van der Waals surface area contributed by atoms with Crippen LogP contribution in [0.15, 0.2) is 0 Å². The number of sulfonamides is 1. The number of nitrogens with zero attached hydrogens (tertiary/aromatic N) is 1. The Morgan fingerprint density at radius 1 is 0.576 bits per heavy atom. The monoisotopic (exact) mass is 556 g/mol. The molecule has 0 aromatic rings. The second-order valence-corrected chi connectivity index (χ2v) is 8.16. The van der Waals surface area contributed by atoms with Gasteiger partial charge in [-0.2, -0.15) is 78.9 Å². The quantitative estimate of drug-likeness (QED) is 0.411. The molecule has 0 heterocycles. The second-order valence-electron chi connectivity index (χ2n) is 6.08. The second kappa shape index (κ2) is 8.12. The van der Waals surface area contributed by atoms with Crippen LogP contribution in [0.1, 0.15) is 0 Å². The average Bonchev–Trinajstić information content (AvgIpc) is 2.59. The highest BCUT2D eigenvalue weighted by Crippen LogP contribution is 2.64. The normalized spacial score (nSPS) is 16.5. The number of likely N-dealkylation sites (N-methyl/N-ethyl adjacent to an activating group) is 1. The molecule has 0 radical (unpaired) electrons. The zero-order valence-electron chi connectivity index (χ0n) is 15.1. The van der Waals surface area contributed by atoms with Gasteiger partial charge in [0, 0.05) is 20.1 Å². The molecule has 0 rings (SSSR count). The van der Waals surface area contributed by atoms with E-state index in [-0.39, 0.29) is 7.05 Å². The maximum Gasteiger partial charge on any atom is 0.460 e. The van der Waals surface area contributed by atoms with E-state index in [0.29, 0.717) is 0 Å². The van der Waals surface area contributed by atoms with Crippen LogP contribution >= 0.6 is 0 Å². The fraction of sp³-hybridized carbons (Fsp3) is 1.00. The Kier molecular flexibility index (Phi) is 7.80. The molecule has 0 spiro atoms. The van der Waals surface area contributed by atoms with Gasteiger partial charge in [-0.25, -0.2) is 8.42 Å². The van der Waals surface area contributed by atoms with Crippen molar-refractivity contribution in [2.24, 2.45) is 5.73 Å². The lowest BCUT2D eigenvalue weighted by Gasteiger charge is -2.42. The van der Waals surface area contributed by atoms with E-state index in [0.717, 1.165) is 0 Å². The summed E-state index contributed by atoms with van der Waals surface area (Å²) in [6, 6.07) is 0. The molecule has 0 aliphatic rings. The van der Waals surface area contributed by atoms with E-state index in [9.17, 15) is 83.1 Å². The third-order valence-electron chi connectivity index (χ3n) is 3.87. The first-order valence-corrected chi connectivity index (χ1v) is 8.79. The van der Waals surface area contributed by atoms with Crippen molar-refractivity contribution in [1.29, 1.82) is 0 Å². The Morgan fingerprint density at radius 3 is 1.12 bits per heavy atom. The third kappa shape index (κ3) is 3.97. The Hall–Kier alpha value is -1.32. The lowest BCUT2D eigenvalue weighted by molar-refractivity contribution is -0.458. The van der Waals surface area contributed by atoms with Gasteiger partial charge < -0.3 is 5.73 Å². The van der Waals surface area contributed by atoms with Gasteiger partial charge in [0.1, 0.15) is 0 Å². The summed E-state index contributed by atoms with van der Waals surface area (Å²) < 4.78 is 244. The van der Waals surface area contributed by atoms with Gasteiger partial charge in [-0.1, -0.05) is 0 Å². The molecule has 0 saturated carbocycles. The van der Waals surface area contributed by atoms with Crippen molar-refractivity contribution in [1.82, 2.24) is 4.31 Å². The van der Waals surface area contributed by atoms with E-state index < -0.39 is 74.4 Å². The zero-order chi connectivity index (χ0) is 27.5. The molecular weight excluding hydrogens is 547 g/mol. The van der Waals surface area contributed by atoms with Crippen molar-refractivity contribution in [3.63, 3.8) is 0 Å². The van der Waals surface area contributed by atoms with Gasteiger partial charge in [-0.05, 0) is 0 Å². The Balaban J connectivity index is 6.96. The molecule has 200 valence electrons. The molecule has 0 aliphatic heterocycles. The molecule has 22 heteroatoms. The molecule has 0 amide bonds.